The number of phosphoric acid groups is 1. The number of hydrogen-bond acceptors (Lipinski definition) is 7. The van der Waals surface area contributed by atoms with E-state index in [9.17, 15) is 24.2 Å². The summed E-state index contributed by atoms with van der Waals surface area (Å²) >= 11 is 0. The number of hydrogen-bond donors (Lipinski definition) is 3. The first-order valence-electron chi connectivity index (χ1n) is 14.6. The minimum absolute atomic E-state index is 0.0183. The molecule has 0 heterocycles. The molecule has 0 bridgehead atoms. The van der Waals surface area contributed by atoms with Crippen LogP contribution in [-0.2, 0) is 27.9 Å². The molecule has 10 heteroatoms. The Morgan fingerprint density at radius 3 is 1.62 bits per heavy atom. The molecule has 0 aromatic rings. The van der Waals surface area contributed by atoms with Crippen LogP contribution in [0.2, 0.25) is 0 Å². The lowest BCUT2D eigenvalue weighted by atomic mass is 10.2. The molecule has 9 nitrogen and oxygen atoms in total. The van der Waals surface area contributed by atoms with Crippen LogP contribution in [0.25, 0.3) is 0 Å². The predicted octanol–water partition coefficient (Wildman–Crippen LogP) is 6.58. The Kier molecular flexibility index (Phi) is 26.4. The number of aliphatic hydroxyl groups is 1. The molecule has 0 radical (unpaired) electrons. The van der Waals surface area contributed by atoms with Gasteiger partial charge >= 0.3 is 13.8 Å². The van der Waals surface area contributed by atoms with Crippen LogP contribution in [0, 0.1) is 0 Å². The van der Waals surface area contributed by atoms with E-state index in [1.54, 1.807) is 13.0 Å². The Morgan fingerprint density at radius 1 is 0.714 bits per heavy atom. The SMILES string of the molecule is CC/C=C\C/C=C\C/C=C\C/C=C\C/C=C\C/C=C\C/C=C\CC(=O)NCCOP(=O)(O)OCC(O)COC(=O)CC. The van der Waals surface area contributed by atoms with Crippen molar-refractivity contribution in [2.24, 2.45) is 0 Å². The highest BCUT2D eigenvalue weighted by atomic mass is 31.2. The summed E-state index contributed by atoms with van der Waals surface area (Å²) < 4.78 is 25.9. The van der Waals surface area contributed by atoms with Crippen molar-refractivity contribution in [3.8, 4) is 0 Å². The van der Waals surface area contributed by atoms with Gasteiger partial charge < -0.3 is 20.1 Å². The number of nitrogens with one attached hydrogen (secondary N) is 1. The average Bonchev–Trinajstić information content (AvgIpc) is 2.97. The zero-order valence-electron chi connectivity index (χ0n) is 25.1. The molecule has 0 aromatic carbocycles. The monoisotopic (exact) mass is 607 g/mol. The van der Waals surface area contributed by atoms with Crippen LogP contribution in [0.1, 0.15) is 71.6 Å². The van der Waals surface area contributed by atoms with Crippen molar-refractivity contribution < 1.29 is 37.9 Å². The summed E-state index contributed by atoms with van der Waals surface area (Å²) in [6.45, 7) is 2.62. The van der Waals surface area contributed by atoms with E-state index in [2.05, 4.69) is 83.6 Å². The molecule has 0 aliphatic rings. The summed E-state index contributed by atoms with van der Waals surface area (Å²) in [5, 5.41) is 12.2. The predicted molar refractivity (Wildman–Crippen MR) is 169 cm³/mol. The number of ether oxygens (including phenoxy) is 1. The van der Waals surface area contributed by atoms with Crippen LogP contribution in [0.3, 0.4) is 0 Å². The lowest BCUT2D eigenvalue weighted by molar-refractivity contribution is -0.146. The number of allylic oxidation sites excluding steroid dienone is 13. The third-order valence-electron chi connectivity index (χ3n) is 5.17. The van der Waals surface area contributed by atoms with E-state index in [0.717, 1.165) is 44.9 Å². The van der Waals surface area contributed by atoms with Crippen molar-refractivity contribution in [1.29, 1.82) is 0 Å². The van der Waals surface area contributed by atoms with E-state index in [0.29, 0.717) is 0 Å². The molecule has 0 aromatic heterocycles. The summed E-state index contributed by atoms with van der Waals surface area (Å²) in [5.74, 6) is -0.753. The number of esters is 1. The zero-order chi connectivity index (χ0) is 31.2. The fourth-order valence-electron chi connectivity index (χ4n) is 2.96. The van der Waals surface area contributed by atoms with Gasteiger partial charge in [-0.05, 0) is 44.9 Å². The van der Waals surface area contributed by atoms with Gasteiger partial charge in [0, 0.05) is 19.4 Å². The fourth-order valence-corrected chi connectivity index (χ4v) is 3.72. The maximum absolute atomic E-state index is 11.8. The standard InChI is InChI=1S/C32H50NO8P/c1-3-5-6-7-8-9-10-11-12-13-14-15-16-17-18-19-20-21-22-23-24-25-31(35)33-26-27-40-42(37,38)41-29-30(34)28-39-32(36)4-2/h5-6,8-9,11-12,14-15,17-18,20-21,23-24,30,34H,3-4,7,10,13,16,19,22,25-29H2,1-2H3,(H,33,35)(H,37,38)/b6-5-,9-8-,12-11-,15-14-,18-17-,21-20-,24-23-. The average molecular weight is 608 g/mol. The van der Waals surface area contributed by atoms with Crippen LogP contribution in [0.15, 0.2) is 85.1 Å². The van der Waals surface area contributed by atoms with Crippen molar-refractivity contribution >= 4 is 19.7 Å². The van der Waals surface area contributed by atoms with E-state index in [1.807, 2.05) is 12.2 Å². The topological polar surface area (TPSA) is 131 Å². The molecule has 1 amide bonds. The molecule has 236 valence electrons. The summed E-state index contributed by atoms with van der Waals surface area (Å²) in [7, 11) is -4.41. The molecule has 0 fully saturated rings. The molecule has 0 aliphatic heterocycles. The lowest BCUT2D eigenvalue weighted by Gasteiger charge is -2.15. The molecule has 0 saturated heterocycles. The van der Waals surface area contributed by atoms with Crippen molar-refractivity contribution in [3.05, 3.63) is 85.1 Å². The van der Waals surface area contributed by atoms with Gasteiger partial charge in [-0.1, -0.05) is 98.9 Å². The number of carbonyl (C=O) groups excluding carboxylic acids is 2. The molecule has 0 aliphatic carbocycles. The normalized spacial score (nSPS) is 14.9. The van der Waals surface area contributed by atoms with Gasteiger partial charge in [-0.15, -0.1) is 0 Å². The second-order valence-corrected chi connectivity index (χ2v) is 10.4. The Hall–Kier alpha value is -2.81. The highest BCUT2D eigenvalue weighted by molar-refractivity contribution is 7.47. The van der Waals surface area contributed by atoms with Crippen molar-refractivity contribution in [1.82, 2.24) is 5.32 Å². The number of phosphoric ester groups is 1. The lowest BCUT2D eigenvalue weighted by Crippen LogP contribution is -2.26. The maximum atomic E-state index is 11.8. The van der Waals surface area contributed by atoms with Gasteiger partial charge in [0.25, 0.3) is 0 Å². The van der Waals surface area contributed by atoms with E-state index < -0.39 is 26.5 Å². The van der Waals surface area contributed by atoms with Gasteiger partial charge in [-0.2, -0.15) is 0 Å². The molecular weight excluding hydrogens is 557 g/mol. The van der Waals surface area contributed by atoms with E-state index >= 15 is 0 Å². The van der Waals surface area contributed by atoms with Gasteiger partial charge in [-0.25, -0.2) is 4.57 Å². The Bertz CT molecular complexity index is 966. The molecule has 2 atom stereocenters. The van der Waals surface area contributed by atoms with E-state index in [1.165, 1.54) is 0 Å². The zero-order valence-corrected chi connectivity index (χ0v) is 26.0. The molecule has 3 N–H and O–H groups in total. The highest BCUT2D eigenvalue weighted by Gasteiger charge is 2.23. The second-order valence-electron chi connectivity index (χ2n) is 8.96. The molecule has 0 spiro atoms. The minimum atomic E-state index is -4.41. The van der Waals surface area contributed by atoms with Crippen LogP contribution in [-0.4, -0.2) is 54.3 Å². The summed E-state index contributed by atoms with van der Waals surface area (Å²) in [6.07, 6.45) is 35.0. The number of aliphatic hydroxyl groups excluding tert-OH is 1. The minimum Gasteiger partial charge on any atom is -0.463 e. The summed E-state index contributed by atoms with van der Waals surface area (Å²) in [6, 6.07) is 0. The molecular formula is C32H50NO8P. The number of rotatable bonds is 25. The maximum Gasteiger partial charge on any atom is 0.472 e. The molecule has 2 unspecified atom stereocenters. The van der Waals surface area contributed by atoms with E-state index in [4.69, 9.17) is 9.26 Å². The second kappa shape index (κ2) is 28.3. The van der Waals surface area contributed by atoms with Crippen LogP contribution in [0.4, 0.5) is 0 Å². The number of carbonyl (C=O) groups is 2. The first kappa shape index (κ1) is 39.2. The van der Waals surface area contributed by atoms with Crippen LogP contribution >= 0.6 is 7.82 Å². The van der Waals surface area contributed by atoms with Gasteiger partial charge in [0.1, 0.15) is 12.7 Å². The Labute approximate surface area is 252 Å². The van der Waals surface area contributed by atoms with Crippen molar-refractivity contribution in [2.45, 2.75) is 77.7 Å². The summed E-state index contributed by atoms with van der Waals surface area (Å²) in [4.78, 5) is 32.5. The third-order valence-corrected chi connectivity index (χ3v) is 6.16. The molecule has 42 heavy (non-hydrogen) atoms. The number of amides is 1. The fraction of sp³-hybridized carbons (Fsp3) is 0.500. The van der Waals surface area contributed by atoms with Gasteiger partial charge in [-0.3, -0.25) is 18.6 Å². The Balaban J connectivity index is 3.79. The first-order chi connectivity index (χ1) is 20.3. The smallest absolute Gasteiger partial charge is 0.463 e. The first-order valence-corrected chi connectivity index (χ1v) is 16.1. The van der Waals surface area contributed by atoms with Crippen molar-refractivity contribution in [2.75, 3.05) is 26.4 Å². The van der Waals surface area contributed by atoms with Crippen LogP contribution < -0.4 is 5.32 Å². The van der Waals surface area contributed by atoms with E-state index in [-0.39, 0.29) is 38.5 Å². The molecule has 0 saturated carbocycles. The van der Waals surface area contributed by atoms with Crippen molar-refractivity contribution in [3.63, 3.8) is 0 Å². The summed E-state index contributed by atoms with van der Waals surface area (Å²) in [5.41, 5.74) is 0. The Morgan fingerprint density at radius 2 is 1.17 bits per heavy atom. The quantitative estimate of drug-likeness (QED) is 0.0459. The van der Waals surface area contributed by atoms with Gasteiger partial charge in [0.15, 0.2) is 0 Å². The highest BCUT2D eigenvalue weighted by Crippen LogP contribution is 2.42. The largest absolute Gasteiger partial charge is 0.472 e. The van der Waals surface area contributed by atoms with Gasteiger partial charge in [0.05, 0.1) is 13.2 Å². The van der Waals surface area contributed by atoms with Gasteiger partial charge in [0.2, 0.25) is 5.91 Å². The van der Waals surface area contributed by atoms with Crippen LogP contribution in [0.5, 0.6) is 0 Å². The third kappa shape index (κ3) is 28.7. The molecule has 0 rings (SSSR count).